The largest absolute Gasteiger partial charge is 0.493 e. The highest BCUT2D eigenvalue weighted by molar-refractivity contribution is 5.76. The van der Waals surface area contributed by atoms with E-state index in [-0.39, 0.29) is 24.7 Å². The molecule has 20 heavy (non-hydrogen) atoms. The number of aliphatic carboxylic acids is 1. The molecule has 0 aliphatic heterocycles. The first-order chi connectivity index (χ1) is 9.61. The maximum Gasteiger partial charge on any atom is 0.303 e. The summed E-state index contributed by atoms with van der Waals surface area (Å²) in [5.41, 5.74) is 0. The number of hydrogen-bond acceptors (Lipinski definition) is 3. The van der Waals surface area contributed by atoms with Gasteiger partial charge >= 0.3 is 5.97 Å². The highest BCUT2D eigenvalue weighted by atomic mass is 16.5. The molecule has 5 nitrogen and oxygen atoms in total. The molecule has 1 atom stereocenters. The van der Waals surface area contributed by atoms with Crippen LogP contribution in [0.5, 0.6) is 5.75 Å². The van der Waals surface area contributed by atoms with Crippen LogP contribution in [0.2, 0.25) is 0 Å². The summed E-state index contributed by atoms with van der Waals surface area (Å²) in [7, 11) is 0. The SMILES string of the molecule is CCC(CNC(=O)CCOc1ccccc1)CC(=O)O. The molecular weight excluding hydrogens is 258 g/mol. The molecule has 0 bridgehead atoms. The molecule has 1 unspecified atom stereocenters. The Morgan fingerprint density at radius 3 is 2.60 bits per heavy atom. The van der Waals surface area contributed by atoms with Gasteiger partial charge in [-0.25, -0.2) is 0 Å². The topological polar surface area (TPSA) is 75.6 Å². The van der Waals surface area contributed by atoms with Crippen molar-refractivity contribution in [2.45, 2.75) is 26.2 Å². The number of carbonyl (C=O) groups is 2. The number of amides is 1. The Morgan fingerprint density at radius 1 is 1.30 bits per heavy atom. The van der Waals surface area contributed by atoms with Crippen LogP contribution in [0.4, 0.5) is 0 Å². The molecule has 110 valence electrons. The highest BCUT2D eigenvalue weighted by Crippen LogP contribution is 2.09. The van der Waals surface area contributed by atoms with E-state index in [1.165, 1.54) is 0 Å². The molecule has 0 heterocycles. The summed E-state index contributed by atoms with van der Waals surface area (Å²) in [6, 6.07) is 9.29. The van der Waals surface area contributed by atoms with Crippen molar-refractivity contribution in [3.05, 3.63) is 30.3 Å². The predicted octanol–water partition coefficient (Wildman–Crippen LogP) is 2.07. The van der Waals surface area contributed by atoms with Crippen LogP contribution in [-0.4, -0.2) is 30.1 Å². The third kappa shape index (κ3) is 6.78. The number of carbonyl (C=O) groups excluding carboxylic acids is 1. The van der Waals surface area contributed by atoms with E-state index in [9.17, 15) is 9.59 Å². The number of hydrogen-bond donors (Lipinski definition) is 2. The van der Waals surface area contributed by atoms with Gasteiger partial charge in [-0.2, -0.15) is 0 Å². The summed E-state index contributed by atoms with van der Waals surface area (Å²) in [5, 5.41) is 11.5. The Labute approximate surface area is 118 Å². The lowest BCUT2D eigenvalue weighted by molar-refractivity contribution is -0.138. The molecule has 0 aliphatic carbocycles. The molecule has 0 fully saturated rings. The molecule has 1 amide bonds. The lowest BCUT2D eigenvalue weighted by Gasteiger charge is -2.13. The zero-order valence-corrected chi connectivity index (χ0v) is 11.7. The number of rotatable bonds is 9. The second-order valence-corrected chi connectivity index (χ2v) is 4.59. The van der Waals surface area contributed by atoms with E-state index in [1.54, 1.807) is 0 Å². The molecule has 0 radical (unpaired) electrons. The van der Waals surface area contributed by atoms with Gasteiger partial charge in [-0.05, 0) is 18.1 Å². The summed E-state index contributed by atoms with van der Waals surface area (Å²) in [4.78, 5) is 22.2. The van der Waals surface area contributed by atoms with Crippen molar-refractivity contribution in [2.24, 2.45) is 5.92 Å². The monoisotopic (exact) mass is 279 g/mol. The Kier molecular flexibility index (Phi) is 7.17. The zero-order chi connectivity index (χ0) is 14.8. The number of benzene rings is 1. The molecule has 5 heteroatoms. The van der Waals surface area contributed by atoms with E-state index in [0.29, 0.717) is 13.2 Å². The van der Waals surface area contributed by atoms with Gasteiger partial charge in [-0.3, -0.25) is 9.59 Å². The standard InChI is InChI=1S/C15H21NO4/c1-2-12(10-15(18)19)11-16-14(17)8-9-20-13-6-4-3-5-7-13/h3-7,12H,2,8-11H2,1H3,(H,16,17)(H,18,19). The van der Waals surface area contributed by atoms with Gasteiger partial charge in [0.1, 0.15) is 5.75 Å². The second kappa shape index (κ2) is 8.96. The molecule has 1 rings (SSSR count). The summed E-state index contributed by atoms with van der Waals surface area (Å²) in [6.45, 7) is 2.62. The Hall–Kier alpha value is -2.04. The van der Waals surface area contributed by atoms with Gasteiger partial charge < -0.3 is 15.2 Å². The minimum Gasteiger partial charge on any atom is -0.493 e. The van der Waals surface area contributed by atoms with E-state index in [0.717, 1.165) is 12.2 Å². The van der Waals surface area contributed by atoms with Gasteiger partial charge in [0.2, 0.25) is 5.91 Å². The molecule has 0 spiro atoms. The number of nitrogens with one attached hydrogen (secondary N) is 1. The minimum absolute atomic E-state index is 0.0218. The molecule has 1 aromatic carbocycles. The predicted molar refractivity (Wildman–Crippen MR) is 75.6 cm³/mol. The maximum absolute atomic E-state index is 11.6. The summed E-state index contributed by atoms with van der Waals surface area (Å²) in [5.74, 6) is -0.243. The Balaban J connectivity index is 2.18. The third-order valence-electron chi connectivity index (χ3n) is 2.97. The van der Waals surface area contributed by atoms with E-state index < -0.39 is 5.97 Å². The molecular formula is C15H21NO4. The minimum atomic E-state index is -0.835. The quantitative estimate of drug-likeness (QED) is 0.725. The normalized spacial score (nSPS) is 11.7. The van der Waals surface area contributed by atoms with Crippen molar-refractivity contribution >= 4 is 11.9 Å². The lowest BCUT2D eigenvalue weighted by atomic mass is 10.0. The fraction of sp³-hybridized carbons (Fsp3) is 0.467. The fourth-order valence-electron chi connectivity index (χ4n) is 1.73. The van der Waals surface area contributed by atoms with Crippen LogP contribution in [0.3, 0.4) is 0 Å². The third-order valence-corrected chi connectivity index (χ3v) is 2.97. The van der Waals surface area contributed by atoms with E-state index >= 15 is 0 Å². The fourth-order valence-corrected chi connectivity index (χ4v) is 1.73. The van der Waals surface area contributed by atoms with Crippen LogP contribution in [0.15, 0.2) is 30.3 Å². The first-order valence-corrected chi connectivity index (χ1v) is 6.78. The first kappa shape index (κ1) is 16.0. The molecule has 0 aliphatic rings. The van der Waals surface area contributed by atoms with Crippen LogP contribution in [0.25, 0.3) is 0 Å². The summed E-state index contributed by atoms with van der Waals surface area (Å²) >= 11 is 0. The summed E-state index contributed by atoms with van der Waals surface area (Å²) < 4.78 is 5.42. The van der Waals surface area contributed by atoms with Crippen molar-refractivity contribution in [2.75, 3.05) is 13.2 Å². The maximum atomic E-state index is 11.6. The Morgan fingerprint density at radius 2 is 2.00 bits per heavy atom. The average molecular weight is 279 g/mol. The number of para-hydroxylation sites is 1. The van der Waals surface area contributed by atoms with Crippen LogP contribution in [0.1, 0.15) is 26.2 Å². The first-order valence-electron chi connectivity index (χ1n) is 6.78. The van der Waals surface area contributed by atoms with E-state index in [1.807, 2.05) is 37.3 Å². The molecule has 0 aromatic heterocycles. The van der Waals surface area contributed by atoms with Crippen LogP contribution >= 0.6 is 0 Å². The van der Waals surface area contributed by atoms with Crippen LogP contribution < -0.4 is 10.1 Å². The van der Waals surface area contributed by atoms with Crippen LogP contribution in [0, 0.1) is 5.92 Å². The summed E-state index contributed by atoms with van der Waals surface area (Å²) in [6.07, 6.45) is 1.07. The van der Waals surface area contributed by atoms with Gasteiger partial charge in [0, 0.05) is 13.0 Å². The van der Waals surface area contributed by atoms with Crippen molar-refractivity contribution < 1.29 is 19.4 Å². The molecule has 2 N–H and O–H groups in total. The molecule has 0 saturated heterocycles. The van der Waals surface area contributed by atoms with Gasteiger partial charge in [0.05, 0.1) is 13.0 Å². The van der Waals surface area contributed by atoms with E-state index in [2.05, 4.69) is 5.32 Å². The second-order valence-electron chi connectivity index (χ2n) is 4.59. The zero-order valence-electron chi connectivity index (χ0n) is 11.7. The molecule has 1 aromatic rings. The number of carboxylic acid groups (broad SMARTS) is 1. The van der Waals surface area contributed by atoms with Crippen molar-refractivity contribution in [1.29, 1.82) is 0 Å². The van der Waals surface area contributed by atoms with Gasteiger partial charge in [0.15, 0.2) is 0 Å². The Bertz CT molecular complexity index is 419. The lowest BCUT2D eigenvalue weighted by Crippen LogP contribution is -2.31. The van der Waals surface area contributed by atoms with Crippen LogP contribution in [-0.2, 0) is 9.59 Å². The highest BCUT2D eigenvalue weighted by Gasteiger charge is 2.12. The van der Waals surface area contributed by atoms with Gasteiger partial charge in [-0.15, -0.1) is 0 Å². The smallest absolute Gasteiger partial charge is 0.303 e. The van der Waals surface area contributed by atoms with Crippen molar-refractivity contribution in [1.82, 2.24) is 5.32 Å². The van der Waals surface area contributed by atoms with Gasteiger partial charge in [0.25, 0.3) is 0 Å². The number of carboxylic acids is 1. The van der Waals surface area contributed by atoms with E-state index in [4.69, 9.17) is 9.84 Å². The molecule has 0 saturated carbocycles. The average Bonchev–Trinajstić information content (AvgIpc) is 2.44. The van der Waals surface area contributed by atoms with Gasteiger partial charge in [-0.1, -0.05) is 31.5 Å². The van der Waals surface area contributed by atoms with Crippen molar-refractivity contribution in [3.63, 3.8) is 0 Å². The number of ether oxygens (including phenoxy) is 1. The van der Waals surface area contributed by atoms with Crippen molar-refractivity contribution in [3.8, 4) is 5.75 Å².